The summed E-state index contributed by atoms with van der Waals surface area (Å²) in [4.78, 5) is 14.6. The fraction of sp³-hybridized carbons (Fsp3) is 0.562. The number of likely N-dealkylation sites (tertiary alicyclic amines) is 1. The Morgan fingerprint density at radius 1 is 1.25 bits per heavy atom. The van der Waals surface area contributed by atoms with Crippen molar-refractivity contribution < 1.29 is 14.6 Å². The zero-order valence-electron chi connectivity index (χ0n) is 12.4. The zero-order valence-corrected chi connectivity index (χ0v) is 12.4. The summed E-state index contributed by atoms with van der Waals surface area (Å²) in [5, 5.41) is 9.53. The van der Waals surface area contributed by atoms with E-state index in [1.165, 1.54) is 0 Å². The monoisotopic (exact) mass is 277 g/mol. The highest BCUT2D eigenvalue weighted by atomic mass is 16.5. The first-order valence-corrected chi connectivity index (χ1v) is 7.07. The normalized spacial score (nSPS) is 17.1. The minimum absolute atomic E-state index is 0.120. The number of carbonyl (C=O) groups is 1. The molecule has 0 unspecified atom stereocenters. The molecule has 1 amide bonds. The van der Waals surface area contributed by atoms with Crippen LogP contribution in [-0.2, 0) is 10.2 Å². The van der Waals surface area contributed by atoms with Crippen LogP contribution >= 0.6 is 0 Å². The third kappa shape index (κ3) is 2.96. The first-order chi connectivity index (χ1) is 9.45. The molecule has 1 saturated heterocycles. The van der Waals surface area contributed by atoms with Crippen molar-refractivity contribution in [3.63, 3.8) is 0 Å². The fourth-order valence-corrected chi connectivity index (χ4v) is 2.60. The largest absolute Gasteiger partial charge is 0.497 e. The second-order valence-corrected chi connectivity index (χ2v) is 5.88. The lowest BCUT2D eigenvalue weighted by Gasteiger charge is -2.36. The number of nitrogens with zero attached hydrogens (tertiary/aromatic N) is 1. The van der Waals surface area contributed by atoms with Crippen LogP contribution in [0.1, 0.15) is 32.3 Å². The van der Waals surface area contributed by atoms with Gasteiger partial charge in [0.15, 0.2) is 0 Å². The summed E-state index contributed by atoms with van der Waals surface area (Å²) in [6, 6.07) is 7.64. The summed E-state index contributed by atoms with van der Waals surface area (Å²) in [6.07, 6.45) is 1.08. The second kappa shape index (κ2) is 5.83. The van der Waals surface area contributed by atoms with Crippen LogP contribution in [0.15, 0.2) is 24.3 Å². The molecule has 0 saturated carbocycles. The van der Waals surface area contributed by atoms with E-state index in [1.807, 2.05) is 43.0 Å². The van der Waals surface area contributed by atoms with Gasteiger partial charge in [-0.3, -0.25) is 4.79 Å². The van der Waals surface area contributed by atoms with Crippen LogP contribution in [0.4, 0.5) is 0 Å². The van der Waals surface area contributed by atoms with Crippen molar-refractivity contribution in [1.29, 1.82) is 0 Å². The van der Waals surface area contributed by atoms with Crippen LogP contribution in [0.25, 0.3) is 0 Å². The number of hydrogen-bond acceptors (Lipinski definition) is 3. The van der Waals surface area contributed by atoms with Crippen molar-refractivity contribution in [1.82, 2.24) is 4.90 Å². The smallest absolute Gasteiger partial charge is 0.232 e. The van der Waals surface area contributed by atoms with Crippen molar-refractivity contribution in [2.24, 2.45) is 0 Å². The van der Waals surface area contributed by atoms with Crippen molar-refractivity contribution in [3.8, 4) is 5.75 Å². The van der Waals surface area contributed by atoms with Crippen molar-refractivity contribution in [2.45, 2.75) is 38.2 Å². The van der Waals surface area contributed by atoms with Gasteiger partial charge in [0.25, 0.3) is 0 Å². The van der Waals surface area contributed by atoms with Gasteiger partial charge in [-0.15, -0.1) is 0 Å². The molecule has 4 heteroatoms. The lowest BCUT2D eigenvalue weighted by atomic mass is 9.82. The minimum atomic E-state index is -0.561. The third-order valence-corrected chi connectivity index (χ3v) is 4.10. The van der Waals surface area contributed by atoms with Crippen LogP contribution in [0.2, 0.25) is 0 Å². The Labute approximate surface area is 120 Å². The number of aliphatic hydroxyl groups excluding tert-OH is 1. The Hall–Kier alpha value is -1.55. The molecular formula is C16H23NO3. The molecular weight excluding hydrogens is 254 g/mol. The Morgan fingerprint density at radius 3 is 2.30 bits per heavy atom. The van der Waals surface area contributed by atoms with Gasteiger partial charge in [0, 0.05) is 13.1 Å². The summed E-state index contributed by atoms with van der Waals surface area (Å²) in [5.41, 5.74) is 0.420. The molecule has 2 rings (SSSR count). The first kappa shape index (κ1) is 14.9. The molecule has 1 fully saturated rings. The number of amides is 1. The highest BCUT2D eigenvalue weighted by Gasteiger charge is 2.35. The van der Waals surface area contributed by atoms with Gasteiger partial charge in [-0.1, -0.05) is 12.1 Å². The molecule has 1 aromatic rings. The van der Waals surface area contributed by atoms with E-state index in [0.29, 0.717) is 25.9 Å². The van der Waals surface area contributed by atoms with Crippen LogP contribution in [0.5, 0.6) is 5.75 Å². The van der Waals surface area contributed by atoms with Crippen molar-refractivity contribution >= 4 is 5.91 Å². The number of hydrogen-bond donors (Lipinski definition) is 1. The van der Waals surface area contributed by atoms with Crippen LogP contribution in [0.3, 0.4) is 0 Å². The molecule has 0 radical (unpaired) electrons. The number of ether oxygens (including phenoxy) is 1. The van der Waals surface area contributed by atoms with Crippen LogP contribution in [-0.4, -0.2) is 42.2 Å². The number of methoxy groups -OCH3 is 1. The first-order valence-electron chi connectivity index (χ1n) is 7.07. The molecule has 4 nitrogen and oxygen atoms in total. The fourth-order valence-electron chi connectivity index (χ4n) is 2.60. The third-order valence-electron chi connectivity index (χ3n) is 4.10. The predicted molar refractivity (Wildman–Crippen MR) is 77.8 cm³/mol. The Morgan fingerprint density at radius 2 is 1.80 bits per heavy atom. The van der Waals surface area contributed by atoms with E-state index in [9.17, 15) is 9.90 Å². The average molecular weight is 277 g/mol. The van der Waals surface area contributed by atoms with E-state index in [4.69, 9.17) is 4.74 Å². The van der Waals surface area contributed by atoms with Gasteiger partial charge in [0.05, 0.1) is 18.6 Å². The summed E-state index contributed by atoms with van der Waals surface area (Å²) in [5.74, 6) is 0.910. The minimum Gasteiger partial charge on any atom is -0.497 e. The van der Waals surface area contributed by atoms with Gasteiger partial charge in [0.1, 0.15) is 5.75 Å². The Balaban J connectivity index is 2.13. The molecule has 20 heavy (non-hydrogen) atoms. The van der Waals surface area contributed by atoms with E-state index in [0.717, 1.165) is 11.3 Å². The molecule has 0 aliphatic carbocycles. The van der Waals surface area contributed by atoms with E-state index < -0.39 is 5.41 Å². The zero-order chi connectivity index (χ0) is 14.8. The summed E-state index contributed by atoms with van der Waals surface area (Å²) < 4.78 is 5.15. The van der Waals surface area contributed by atoms with Gasteiger partial charge in [0.2, 0.25) is 5.91 Å². The van der Waals surface area contributed by atoms with E-state index >= 15 is 0 Å². The highest BCUT2D eigenvalue weighted by molar-refractivity contribution is 5.87. The van der Waals surface area contributed by atoms with Gasteiger partial charge >= 0.3 is 0 Å². The molecule has 0 spiro atoms. The quantitative estimate of drug-likeness (QED) is 0.919. The number of aliphatic hydroxyl groups is 1. The standard InChI is InChI=1S/C16H23NO3/c1-16(2,12-4-6-14(20-3)7-5-12)15(19)17-10-8-13(18)9-11-17/h4-7,13,18H,8-11H2,1-3H3. The van der Waals surface area contributed by atoms with Gasteiger partial charge in [-0.25, -0.2) is 0 Å². The molecule has 1 aliphatic rings. The maximum absolute atomic E-state index is 12.7. The number of benzene rings is 1. The summed E-state index contributed by atoms with van der Waals surface area (Å²) in [7, 11) is 1.63. The topological polar surface area (TPSA) is 49.8 Å². The average Bonchev–Trinajstić information content (AvgIpc) is 2.47. The summed E-state index contributed by atoms with van der Waals surface area (Å²) >= 11 is 0. The predicted octanol–water partition coefficient (Wildman–Crippen LogP) is 1.96. The maximum atomic E-state index is 12.7. The molecule has 1 heterocycles. The number of piperidine rings is 1. The van der Waals surface area contributed by atoms with E-state index in [2.05, 4.69) is 0 Å². The second-order valence-electron chi connectivity index (χ2n) is 5.88. The van der Waals surface area contributed by atoms with Gasteiger partial charge in [-0.2, -0.15) is 0 Å². The Bertz CT molecular complexity index is 459. The number of rotatable bonds is 3. The number of carbonyl (C=O) groups excluding carboxylic acids is 1. The molecule has 110 valence electrons. The van der Waals surface area contributed by atoms with E-state index in [-0.39, 0.29) is 12.0 Å². The summed E-state index contributed by atoms with van der Waals surface area (Å²) in [6.45, 7) is 5.17. The van der Waals surface area contributed by atoms with Crippen LogP contribution < -0.4 is 4.74 Å². The molecule has 0 aromatic heterocycles. The van der Waals surface area contributed by atoms with Crippen molar-refractivity contribution in [3.05, 3.63) is 29.8 Å². The SMILES string of the molecule is COc1ccc(C(C)(C)C(=O)N2CCC(O)CC2)cc1. The molecule has 1 N–H and O–H groups in total. The van der Waals surface area contributed by atoms with Gasteiger partial charge in [-0.05, 0) is 44.4 Å². The van der Waals surface area contributed by atoms with Crippen molar-refractivity contribution in [2.75, 3.05) is 20.2 Å². The molecule has 1 aromatic carbocycles. The van der Waals surface area contributed by atoms with Crippen LogP contribution in [0, 0.1) is 0 Å². The molecule has 0 bridgehead atoms. The molecule has 0 atom stereocenters. The van der Waals surface area contributed by atoms with Gasteiger partial charge < -0.3 is 14.7 Å². The lowest BCUT2D eigenvalue weighted by Crippen LogP contribution is -2.47. The maximum Gasteiger partial charge on any atom is 0.232 e. The Kier molecular flexibility index (Phi) is 4.33. The lowest BCUT2D eigenvalue weighted by molar-refractivity contribution is -0.138. The van der Waals surface area contributed by atoms with E-state index in [1.54, 1.807) is 7.11 Å². The molecule has 1 aliphatic heterocycles. The highest BCUT2D eigenvalue weighted by Crippen LogP contribution is 2.28.